The molecule has 3 heterocycles. The molecule has 0 aliphatic carbocycles. The highest BCUT2D eigenvalue weighted by molar-refractivity contribution is 5.94. The van der Waals surface area contributed by atoms with Gasteiger partial charge >= 0.3 is 0 Å². The highest BCUT2D eigenvalue weighted by Crippen LogP contribution is 2.31. The SMILES string of the molecule is Nc1ncccc1-c1nc2ccc(NCc3ccccc3)nc2n1-c1ccc(CNC(=O)c2ccccc2)cc1. The van der Waals surface area contributed by atoms with Crippen molar-refractivity contribution in [3.8, 4) is 17.1 Å². The van der Waals surface area contributed by atoms with Gasteiger partial charge in [-0.2, -0.15) is 0 Å². The molecule has 0 saturated carbocycles. The summed E-state index contributed by atoms with van der Waals surface area (Å²) in [6.07, 6.45) is 1.66. The predicted molar refractivity (Wildman–Crippen MR) is 158 cm³/mol. The number of rotatable bonds is 8. The summed E-state index contributed by atoms with van der Waals surface area (Å²) >= 11 is 0. The Morgan fingerprint density at radius 3 is 2.23 bits per heavy atom. The predicted octanol–water partition coefficient (Wildman–Crippen LogP) is 5.61. The largest absolute Gasteiger partial charge is 0.383 e. The van der Waals surface area contributed by atoms with Crippen molar-refractivity contribution in [1.29, 1.82) is 0 Å². The number of nitrogens with one attached hydrogen (secondary N) is 2. The van der Waals surface area contributed by atoms with E-state index in [0.717, 1.165) is 33.7 Å². The van der Waals surface area contributed by atoms with Crippen molar-refractivity contribution in [2.24, 2.45) is 0 Å². The summed E-state index contributed by atoms with van der Waals surface area (Å²) in [6.45, 7) is 1.06. The van der Waals surface area contributed by atoms with Crippen LogP contribution >= 0.6 is 0 Å². The molecule has 0 bridgehead atoms. The molecule has 0 radical (unpaired) electrons. The number of fused-ring (bicyclic) bond motifs is 1. The molecule has 1 amide bonds. The number of nitrogen functional groups attached to an aromatic ring is 1. The smallest absolute Gasteiger partial charge is 0.251 e. The number of pyridine rings is 2. The first-order valence-corrected chi connectivity index (χ1v) is 13.0. The maximum Gasteiger partial charge on any atom is 0.251 e. The minimum atomic E-state index is -0.112. The molecule has 8 heteroatoms. The van der Waals surface area contributed by atoms with Crippen LogP contribution in [0.5, 0.6) is 0 Å². The van der Waals surface area contributed by atoms with E-state index in [9.17, 15) is 4.79 Å². The molecule has 6 rings (SSSR count). The Labute approximate surface area is 231 Å². The maximum atomic E-state index is 12.5. The molecular formula is C32H27N7O. The van der Waals surface area contributed by atoms with Crippen molar-refractivity contribution < 1.29 is 4.79 Å². The zero-order valence-electron chi connectivity index (χ0n) is 21.7. The molecular weight excluding hydrogens is 498 g/mol. The molecule has 0 saturated heterocycles. The van der Waals surface area contributed by atoms with Crippen LogP contribution < -0.4 is 16.4 Å². The first kappa shape index (κ1) is 24.8. The summed E-state index contributed by atoms with van der Waals surface area (Å²) in [6, 6.07) is 34.9. The quantitative estimate of drug-likeness (QED) is 0.238. The van der Waals surface area contributed by atoms with Crippen molar-refractivity contribution in [3.63, 3.8) is 0 Å². The van der Waals surface area contributed by atoms with Crippen molar-refractivity contribution >= 4 is 28.7 Å². The van der Waals surface area contributed by atoms with Gasteiger partial charge in [0.1, 0.15) is 17.2 Å². The van der Waals surface area contributed by atoms with Crippen LogP contribution in [-0.2, 0) is 13.1 Å². The summed E-state index contributed by atoms with van der Waals surface area (Å²) in [4.78, 5) is 26.6. The Kier molecular flexibility index (Phi) is 6.88. The molecule has 40 heavy (non-hydrogen) atoms. The van der Waals surface area contributed by atoms with Crippen molar-refractivity contribution in [3.05, 3.63) is 132 Å². The average Bonchev–Trinajstić information content (AvgIpc) is 3.39. The third-order valence-corrected chi connectivity index (χ3v) is 6.58. The fourth-order valence-corrected chi connectivity index (χ4v) is 4.51. The van der Waals surface area contributed by atoms with E-state index in [-0.39, 0.29) is 5.91 Å². The summed E-state index contributed by atoms with van der Waals surface area (Å²) in [5.41, 5.74) is 12.1. The van der Waals surface area contributed by atoms with E-state index in [4.69, 9.17) is 15.7 Å². The average molecular weight is 526 g/mol. The fraction of sp³-hybridized carbons (Fsp3) is 0.0625. The Morgan fingerprint density at radius 1 is 0.750 bits per heavy atom. The zero-order chi connectivity index (χ0) is 27.3. The first-order chi connectivity index (χ1) is 19.7. The number of carbonyl (C=O) groups is 1. The van der Waals surface area contributed by atoms with Crippen LogP contribution in [0.4, 0.5) is 11.6 Å². The molecule has 3 aromatic heterocycles. The fourth-order valence-electron chi connectivity index (χ4n) is 4.51. The van der Waals surface area contributed by atoms with Gasteiger partial charge in [-0.25, -0.2) is 15.0 Å². The van der Waals surface area contributed by atoms with Crippen LogP contribution in [0.1, 0.15) is 21.5 Å². The Morgan fingerprint density at radius 2 is 1.48 bits per heavy atom. The van der Waals surface area contributed by atoms with Gasteiger partial charge in [-0.3, -0.25) is 9.36 Å². The molecule has 0 aliphatic heterocycles. The number of hydrogen-bond donors (Lipinski definition) is 3. The second kappa shape index (κ2) is 11.1. The van der Waals surface area contributed by atoms with Crippen LogP contribution in [0, 0.1) is 0 Å². The van der Waals surface area contributed by atoms with Gasteiger partial charge < -0.3 is 16.4 Å². The third-order valence-electron chi connectivity index (χ3n) is 6.58. The lowest BCUT2D eigenvalue weighted by molar-refractivity contribution is 0.0951. The van der Waals surface area contributed by atoms with E-state index in [2.05, 4.69) is 27.8 Å². The van der Waals surface area contributed by atoms with Crippen LogP contribution in [-0.4, -0.2) is 25.4 Å². The lowest BCUT2D eigenvalue weighted by Crippen LogP contribution is -2.22. The van der Waals surface area contributed by atoms with Gasteiger partial charge in [0.25, 0.3) is 5.91 Å². The molecule has 8 nitrogen and oxygen atoms in total. The molecule has 0 spiro atoms. The minimum Gasteiger partial charge on any atom is -0.383 e. The number of benzene rings is 3. The maximum absolute atomic E-state index is 12.5. The zero-order valence-corrected chi connectivity index (χ0v) is 21.7. The molecule has 0 atom stereocenters. The minimum absolute atomic E-state index is 0.112. The summed E-state index contributed by atoms with van der Waals surface area (Å²) in [5, 5.41) is 6.39. The van der Waals surface area contributed by atoms with Crippen LogP contribution in [0.2, 0.25) is 0 Å². The van der Waals surface area contributed by atoms with Crippen LogP contribution in [0.15, 0.2) is 115 Å². The monoisotopic (exact) mass is 525 g/mol. The van der Waals surface area contributed by atoms with Gasteiger partial charge in [-0.15, -0.1) is 0 Å². The van der Waals surface area contributed by atoms with Gasteiger partial charge in [-0.05, 0) is 59.7 Å². The first-order valence-electron chi connectivity index (χ1n) is 13.0. The number of anilines is 2. The second-order valence-corrected chi connectivity index (χ2v) is 9.30. The molecule has 0 unspecified atom stereocenters. The summed E-state index contributed by atoms with van der Waals surface area (Å²) < 4.78 is 1.99. The van der Waals surface area contributed by atoms with Gasteiger partial charge in [0.15, 0.2) is 11.5 Å². The number of nitrogens with two attached hydrogens (primary N) is 1. The molecule has 0 fully saturated rings. The van der Waals surface area contributed by atoms with Gasteiger partial charge in [0.05, 0.1) is 5.56 Å². The van der Waals surface area contributed by atoms with Crippen molar-refractivity contribution in [2.75, 3.05) is 11.1 Å². The lowest BCUT2D eigenvalue weighted by atomic mass is 10.1. The highest BCUT2D eigenvalue weighted by atomic mass is 16.1. The molecule has 3 aromatic carbocycles. The second-order valence-electron chi connectivity index (χ2n) is 9.30. The van der Waals surface area contributed by atoms with E-state index in [1.54, 1.807) is 18.3 Å². The Balaban J connectivity index is 1.33. The standard InChI is InChI=1S/C32H27N7O/c33-29-26(12-7-19-34-29)30-37-27-17-18-28(35-20-22-8-3-1-4-9-22)38-31(27)39(30)25-15-13-23(14-16-25)21-36-32(40)24-10-5-2-6-11-24/h1-19H,20-21H2,(H2,33,34)(H,35,38)(H,36,40). The van der Waals surface area contributed by atoms with Crippen LogP contribution in [0.25, 0.3) is 28.2 Å². The molecule has 196 valence electrons. The number of amides is 1. The Hall–Kier alpha value is -5.50. The lowest BCUT2D eigenvalue weighted by Gasteiger charge is -2.12. The summed E-state index contributed by atoms with van der Waals surface area (Å²) in [5.74, 6) is 1.67. The number of nitrogens with zero attached hydrogens (tertiary/aromatic N) is 4. The molecule has 6 aromatic rings. The van der Waals surface area contributed by atoms with E-state index in [0.29, 0.717) is 35.9 Å². The number of aromatic nitrogens is 4. The highest BCUT2D eigenvalue weighted by Gasteiger charge is 2.18. The van der Waals surface area contributed by atoms with Crippen molar-refractivity contribution in [1.82, 2.24) is 24.8 Å². The van der Waals surface area contributed by atoms with Crippen molar-refractivity contribution in [2.45, 2.75) is 13.1 Å². The van der Waals surface area contributed by atoms with E-state index < -0.39 is 0 Å². The number of imidazole rings is 1. The number of carbonyl (C=O) groups excluding carboxylic acids is 1. The van der Waals surface area contributed by atoms with E-state index in [1.165, 1.54) is 0 Å². The van der Waals surface area contributed by atoms with Crippen LogP contribution in [0.3, 0.4) is 0 Å². The molecule has 0 aliphatic rings. The summed E-state index contributed by atoms with van der Waals surface area (Å²) in [7, 11) is 0. The van der Waals surface area contributed by atoms with Gasteiger partial charge in [0.2, 0.25) is 0 Å². The van der Waals surface area contributed by atoms with E-state index in [1.807, 2.05) is 89.5 Å². The van der Waals surface area contributed by atoms with Gasteiger partial charge in [0, 0.05) is 30.5 Å². The third kappa shape index (κ3) is 5.23. The molecule has 4 N–H and O–H groups in total. The number of hydrogen-bond acceptors (Lipinski definition) is 6. The Bertz CT molecular complexity index is 1770. The normalized spacial score (nSPS) is 10.9. The topological polar surface area (TPSA) is 111 Å². The van der Waals surface area contributed by atoms with Gasteiger partial charge in [-0.1, -0.05) is 60.7 Å². The van der Waals surface area contributed by atoms with E-state index >= 15 is 0 Å².